The van der Waals surface area contributed by atoms with Crippen LogP contribution in [-0.2, 0) is 4.79 Å². The zero-order chi connectivity index (χ0) is 13.3. The Morgan fingerprint density at radius 1 is 1.44 bits per heavy atom. The fourth-order valence-corrected chi connectivity index (χ4v) is 2.05. The first-order chi connectivity index (χ1) is 8.50. The van der Waals surface area contributed by atoms with Crippen molar-refractivity contribution < 1.29 is 9.18 Å². The van der Waals surface area contributed by atoms with Crippen LogP contribution in [0.2, 0.25) is 5.02 Å². The van der Waals surface area contributed by atoms with Gasteiger partial charge in [0, 0.05) is 6.54 Å². The molecule has 0 aromatic heterocycles. The summed E-state index contributed by atoms with van der Waals surface area (Å²) in [5.41, 5.74) is 11.4. The van der Waals surface area contributed by atoms with Gasteiger partial charge in [-0.1, -0.05) is 11.6 Å². The minimum atomic E-state index is -0.729. The second kappa shape index (κ2) is 4.89. The fourth-order valence-electron chi connectivity index (χ4n) is 1.90. The third-order valence-corrected chi connectivity index (χ3v) is 3.25. The average molecular weight is 273 g/mol. The predicted octanol–water partition coefficient (Wildman–Crippen LogP) is 1.33. The monoisotopic (exact) mass is 272 g/mol. The van der Waals surface area contributed by atoms with Gasteiger partial charge in [-0.3, -0.25) is 4.79 Å². The molecule has 18 heavy (non-hydrogen) atoms. The summed E-state index contributed by atoms with van der Waals surface area (Å²) in [7, 11) is 0. The van der Waals surface area contributed by atoms with E-state index in [1.54, 1.807) is 0 Å². The molecule has 1 fully saturated rings. The molecule has 1 aromatic carbocycles. The highest BCUT2D eigenvalue weighted by Gasteiger charge is 2.24. The van der Waals surface area contributed by atoms with E-state index in [-0.39, 0.29) is 28.0 Å². The normalized spacial score (nSPS) is 19.4. The molecule has 5 nitrogen and oxygen atoms in total. The fraction of sp³-hybridized carbons (Fsp3) is 0.364. The van der Waals surface area contributed by atoms with Crippen molar-refractivity contribution in [2.24, 2.45) is 0 Å². The number of hydrogen-bond donors (Lipinski definition) is 4. The Kier molecular flexibility index (Phi) is 3.47. The molecule has 0 spiro atoms. The third-order valence-electron chi connectivity index (χ3n) is 2.87. The molecule has 1 heterocycles. The van der Waals surface area contributed by atoms with Gasteiger partial charge in [0.2, 0.25) is 5.91 Å². The second-order valence-corrected chi connectivity index (χ2v) is 4.57. The quantitative estimate of drug-likeness (QED) is 0.611. The first-order valence-corrected chi connectivity index (χ1v) is 5.95. The number of rotatable bonds is 2. The molecule has 98 valence electrons. The number of anilines is 3. The minimum absolute atomic E-state index is 0.0243. The summed E-state index contributed by atoms with van der Waals surface area (Å²) >= 11 is 5.71. The van der Waals surface area contributed by atoms with Gasteiger partial charge in [0.25, 0.3) is 0 Å². The molecule has 1 aromatic rings. The van der Waals surface area contributed by atoms with Gasteiger partial charge >= 0.3 is 0 Å². The zero-order valence-electron chi connectivity index (χ0n) is 9.59. The van der Waals surface area contributed by atoms with Crippen molar-refractivity contribution in [3.05, 3.63) is 16.9 Å². The van der Waals surface area contributed by atoms with Gasteiger partial charge in [-0.25, -0.2) is 4.39 Å². The molecule has 0 saturated carbocycles. The number of piperidine rings is 1. The number of nitrogens with one attached hydrogen (secondary N) is 2. The van der Waals surface area contributed by atoms with E-state index in [1.807, 2.05) is 0 Å². The number of amides is 1. The van der Waals surface area contributed by atoms with Crippen molar-refractivity contribution in [3.63, 3.8) is 0 Å². The third kappa shape index (κ3) is 2.28. The van der Waals surface area contributed by atoms with Crippen LogP contribution >= 0.6 is 11.6 Å². The van der Waals surface area contributed by atoms with Gasteiger partial charge in [0.1, 0.15) is 11.1 Å². The van der Waals surface area contributed by atoms with E-state index in [1.165, 1.54) is 6.07 Å². The number of hydrogen-bond acceptors (Lipinski definition) is 4. The predicted molar refractivity (Wildman–Crippen MR) is 69.9 cm³/mol. The van der Waals surface area contributed by atoms with Gasteiger partial charge in [0.15, 0.2) is 5.82 Å². The molecule has 0 radical (unpaired) electrons. The molecule has 1 unspecified atom stereocenters. The molecule has 1 atom stereocenters. The molecule has 6 N–H and O–H groups in total. The standard InChI is InChI=1S/C11H14ClFN4O/c12-8-5(14)4-6(15)10(9(8)13)17-7-2-1-3-16-11(7)18/h4,7,17H,1-3,14-15H2,(H,16,18). The lowest BCUT2D eigenvalue weighted by atomic mass is 10.1. The molecule has 1 saturated heterocycles. The Balaban J connectivity index is 2.28. The summed E-state index contributed by atoms with van der Waals surface area (Å²) in [5, 5.41) is 5.29. The Bertz CT molecular complexity index is 494. The van der Waals surface area contributed by atoms with Crippen molar-refractivity contribution >= 4 is 34.6 Å². The number of nitrogens with two attached hydrogens (primary N) is 2. The van der Waals surface area contributed by atoms with Gasteiger partial charge in [-0.05, 0) is 18.9 Å². The first kappa shape index (κ1) is 12.8. The minimum Gasteiger partial charge on any atom is -0.397 e. The highest BCUT2D eigenvalue weighted by atomic mass is 35.5. The number of carbonyl (C=O) groups excluding carboxylic acids is 1. The number of carbonyl (C=O) groups is 1. The molecule has 1 aliphatic rings. The van der Waals surface area contributed by atoms with Gasteiger partial charge in [0.05, 0.1) is 17.1 Å². The van der Waals surface area contributed by atoms with Crippen LogP contribution in [0.4, 0.5) is 21.5 Å². The summed E-state index contributed by atoms with van der Waals surface area (Å²) in [6, 6.07) is 0.865. The average Bonchev–Trinajstić information content (AvgIpc) is 2.34. The summed E-state index contributed by atoms with van der Waals surface area (Å²) in [6.07, 6.45) is 1.44. The summed E-state index contributed by atoms with van der Waals surface area (Å²) < 4.78 is 13.9. The van der Waals surface area contributed by atoms with Crippen molar-refractivity contribution in [2.45, 2.75) is 18.9 Å². The van der Waals surface area contributed by atoms with E-state index in [9.17, 15) is 9.18 Å². The van der Waals surface area contributed by atoms with Crippen molar-refractivity contribution in [3.8, 4) is 0 Å². The lowest BCUT2D eigenvalue weighted by molar-refractivity contribution is -0.123. The van der Waals surface area contributed by atoms with E-state index in [2.05, 4.69) is 10.6 Å². The molecule has 0 bridgehead atoms. The second-order valence-electron chi connectivity index (χ2n) is 4.19. The SMILES string of the molecule is Nc1cc(N)c(NC2CCCNC2=O)c(F)c1Cl. The Labute approximate surface area is 109 Å². The van der Waals surface area contributed by atoms with Crippen LogP contribution in [0.25, 0.3) is 0 Å². The smallest absolute Gasteiger partial charge is 0.242 e. The maximum Gasteiger partial charge on any atom is 0.242 e. The maximum atomic E-state index is 13.9. The molecule has 7 heteroatoms. The number of benzene rings is 1. The lowest BCUT2D eigenvalue weighted by Gasteiger charge is -2.25. The van der Waals surface area contributed by atoms with Crippen LogP contribution in [-0.4, -0.2) is 18.5 Å². The molecule has 1 aliphatic heterocycles. The Hall–Kier alpha value is -1.69. The first-order valence-electron chi connectivity index (χ1n) is 5.58. The van der Waals surface area contributed by atoms with Crippen LogP contribution in [0.3, 0.4) is 0 Å². The van der Waals surface area contributed by atoms with Crippen LogP contribution < -0.4 is 22.1 Å². The summed E-state index contributed by atoms with van der Waals surface area (Å²) in [6.45, 7) is 0.636. The van der Waals surface area contributed by atoms with E-state index < -0.39 is 11.9 Å². The van der Waals surface area contributed by atoms with Crippen LogP contribution in [0.5, 0.6) is 0 Å². The van der Waals surface area contributed by atoms with Crippen molar-refractivity contribution in [1.29, 1.82) is 0 Å². The molecule has 0 aliphatic carbocycles. The summed E-state index contributed by atoms with van der Waals surface area (Å²) in [4.78, 5) is 11.6. The number of halogens is 2. The molecular formula is C11H14ClFN4O. The van der Waals surface area contributed by atoms with Crippen molar-refractivity contribution in [1.82, 2.24) is 5.32 Å². The topological polar surface area (TPSA) is 93.2 Å². The van der Waals surface area contributed by atoms with E-state index in [4.69, 9.17) is 23.1 Å². The molecule has 1 amide bonds. The van der Waals surface area contributed by atoms with Crippen LogP contribution in [0, 0.1) is 5.82 Å². The number of nitrogen functional groups attached to an aromatic ring is 2. The van der Waals surface area contributed by atoms with E-state index in [0.717, 1.165) is 6.42 Å². The largest absolute Gasteiger partial charge is 0.397 e. The van der Waals surface area contributed by atoms with Gasteiger partial charge in [-0.15, -0.1) is 0 Å². The van der Waals surface area contributed by atoms with Crippen LogP contribution in [0.1, 0.15) is 12.8 Å². The molecular weight excluding hydrogens is 259 g/mol. The van der Waals surface area contributed by atoms with Crippen molar-refractivity contribution in [2.75, 3.05) is 23.3 Å². The Morgan fingerprint density at radius 2 is 2.17 bits per heavy atom. The summed E-state index contributed by atoms with van der Waals surface area (Å²) in [5.74, 6) is -0.902. The van der Waals surface area contributed by atoms with Gasteiger partial charge in [-0.2, -0.15) is 0 Å². The maximum absolute atomic E-state index is 13.9. The highest BCUT2D eigenvalue weighted by molar-refractivity contribution is 6.33. The van der Waals surface area contributed by atoms with E-state index in [0.29, 0.717) is 13.0 Å². The zero-order valence-corrected chi connectivity index (χ0v) is 10.4. The lowest BCUT2D eigenvalue weighted by Crippen LogP contribution is -2.44. The Morgan fingerprint density at radius 3 is 2.83 bits per heavy atom. The van der Waals surface area contributed by atoms with E-state index >= 15 is 0 Å². The molecule has 2 rings (SSSR count). The van der Waals surface area contributed by atoms with Gasteiger partial charge < -0.3 is 22.1 Å². The van der Waals surface area contributed by atoms with Crippen LogP contribution in [0.15, 0.2) is 6.07 Å². The highest BCUT2D eigenvalue weighted by Crippen LogP contribution is 2.34.